The molecule has 0 aromatic heterocycles. The number of amides is 2. The van der Waals surface area contributed by atoms with Gasteiger partial charge in [0.15, 0.2) is 0 Å². The number of hydrogen-bond donors (Lipinski definition) is 2. The molecule has 2 atom stereocenters. The summed E-state index contributed by atoms with van der Waals surface area (Å²) >= 11 is 0. The number of nitrogens with one attached hydrogen (secondary N) is 2. The molecule has 0 saturated heterocycles. The Kier molecular flexibility index (Phi) is 7.79. The highest BCUT2D eigenvalue weighted by Crippen LogP contribution is 2.09. The standard InChI is InChI=1S/C23H27N3O3/c1-23(2,3)29-22(28)26-20(15-18-12-8-5-9-13-18)21(27)25-19(16-24)14-17-10-6-4-7-11-17/h4-13,19-20H,14-15H2,1-3H3,(H,25,27)(H,26,28)/t19-,20-/m0/s1. The highest BCUT2D eigenvalue weighted by atomic mass is 16.6. The molecule has 0 fully saturated rings. The number of carbonyl (C=O) groups excluding carboxylic acids is 2. The van der Waals surface area contributed by atoms with E-state index in [-0.39, 0.29) is 6.42 Å². The van der Waals surface area contributed by atoms with Crippen molar-refractivity contribution in [3.63, 3.8) is 0 Å². The predicted octanol–water partition coefficient (Wildman–Crippen LogP) is 3.37. The summed E-state index contributed by atoms with van der Waals surface area (Å²) in [7, 11) is 0. The summed E-state index contributed by atoms with van der Waals surface area (Å²) in [5.41, 5.74) is 1.15. The van der Waals surface area contributed by atoms with Crippen LogP contribution >= 0.6 is 0 Å². The second-order valence-corrected chi connectivity index (χ2v) is 7.77. The number of nitriles is 1. The zero-order valence-electron chi connectivity index (χ0n) is 17.0. The molecule has 2 amide bonds. The third-order valence-electron chi connectivity index (χ3n) is 4.05. The van der Waals surface area contributed by atoms with Crippen LogP contribution in [0.2, 0.25) is 0 Å². The summed E-state index contributed by atoms with van der Waals surface area (Å²) in [5, 5.41) is 14.8. The minimum Gasteiger partial charge on any atom is -0.444 e. The zero-order valence-corrected chi connectivity index (χ0v) is 17.0. The third-order valence-corrected chi connectivity index (χ3v) is 4.05. The molecular formula is C23H27N3O3. The van der Waals surface area contributed by atoms with Gasteiger partial charge in [-0.1, -0.05) is 60.7 Å². The van der Waals surface area contributed by atoms with E-state index in [0.29, 0.717) is 6.42 Å². The maximum atomic E-state index is 12.9. The van der Waals surface area contributed by atoms with Crippen molar-refractivity contribution >= 4 is 12.0 Å². The van der Waals surface area contributed by atoms with Gasteiger partial charge in [-0.2, -0.15) is 5.26 Å². The summed E-state index contributed by atoms with van der Waals surface area (Å²) in [6.45, 7) is 5.26. The Morgan fingerprint density at radius 1 is 0.931 bits per heavy atom. The van der Waals surface area contributed by atoms with Crippen molar-refractivity contribution in [3.8, 4) is 6.07 Å². The Morgan fingerprint density at radius 3 is 1.93 bits per heavy atom. The first-order valence-electron chi connectivity index (χ1n) is 9.54. The van der Waals surface area contributed by atoms with Gasteiger partial charge < -0.3 is 15.4 Å². The summed E-state index contributed by atoms with van der Waals surface area (Å²) < 4.78 is 5.29. The molecule has 0 aliphatic carbocycles. The first kappa shape index (κ1) is 22.0. The summed E-state index contributed by atoms with van der Waals surface area (Å²) in [4.78, 5) is 25.1. The number of hydrogen-bond acceptors (Lipinski definition) is 4. The average Bonchev–Trinajstić information content (AvgIpc) is 2.67. The highest BCUT2D eigenvalue weighted by molar-refractivity contribution is 5.86. The summed E-state index contributed by atoms with van der Waals surface area (Å²) in [6.07, 6.45) is -0.00617. The minimum atomic E-state index is -0.862. The normalized spacial score (nSPS) is 12.9. The SMILES string of the molecule is CC(C)(C)OC(=O)N[C@@H](Cc1ccccc1)C(=O)N[C@H](C#N)Cc1ccccc1. The highest BCUT2D eigenvalue weighted by Gasteiger charge is 2.26. The monoisotopic (exact) mass is 393 g/mol. The van der Waals surface area contributed by atoms with Crippen molar-refractivity contribution in [2.24, 2.45) is 0 Å². The lowest BCUT2D eigenvalue weighted by Gasteiger charge is -2.24. The van der Waals surface area contributed by atoms with Crippen molar-refractivity contribution in [2.45, 2.75) is 51.3 Å². The van der Waals surface area contributed by atoms with Gasteiger partial charge >= 0.3 is 6.09 Å². The molecule has 0 radical (unpaired) electrons. The molecule has 152 valence electrons. The molecule has 0 aliphatic heterocycles. The van der Waals surface area contributed by atoms with Crippen LogP contribution in [0.4, 0.5) is 4.79 Å². The molecule has 0 spiro atoms. The first-order valence-corrected chi connectivity index (χ1v) is 9.54. The van der Waals surface area contributed by atoms with E-state index in [2.05, 4.69) is 16.7 Å². The van der Waals surface area contributed by atoms with Crippen molar-refractivity contribution in [1.82, 2.24) is 10.6 Å². The Balaban J connectivity index is 2.09. The van der Waals surface area contributed by atoms with E-state index >= 15 is 0 Å². The van der Waals surface area contributed by atoms with Gasteiger partial charge in [0.25, 0.3) is 0 Å². The third kappa shape index (κ3) is 8.06. The molecule has 29 heavy (non-hydrogen) atoms. The number of nitrogens with zero attached hydrogens (tertiary/aromatic N) is 1. The molecule has 2 rings (SSSR count). The summed E-state index contributed by atoms with van der Waals surface area (Å²) in [5.74, 6) is -0.429. The van der Waals surface area contributed by atoms with Crippen LogP contribution in [0, 0.1) is 11.3 Å². The van der Waals surface area contributed by atoms with Crippen molar-refractivity contribution < 1.29 is 14.3 Å². The second kappa shape index (κ2) is 10.3. The Bertz CT molecular complexity index is 839. The van der Waals surface area contributed by atoms with Gasteiger partial charge in [-0.05, 0) is 31.9 Å². The Labute approximate surface area is 171 Å². The van der Waals surface area contributed by atoms with Gasteiger partial charge in [-0.3, -0.25) is 4.79 Å². The van der Waals surface area contributed by atoms with E-state index in [1.54, 1.807) is 20.8 Å². The van der Waals surface area contributed by atoms with Crippen molar-refractivity contribution in [2.75, 3.05) is 0 Å². The van der Waals surface area contributed by atoms with Gasteiger partial charge in [0.2, 0.25) is 5.91 Å². The molecule has 0 saturated carbocycles. The number of ether oxygens (including phenoxy) is 1. The number of rotatable bonds is 7. The largest absolute Gasteiger partial charge is 0.444 e. The predicted molar refractivity (Wildman–Crippen MR) is 111 cm³/mol. The molecule has 2 N–H and O–H groups in total. The Morgan fingerprint density at radius 2 is 1.45 bits per heavy atom. The van der Waals surface area contributed by atoms with E-state index in [9.17, 15) is 14.9 Å². The smallest absolute Gasteiger partial charge is 0.408 e. The van der Waals surface area contributed by atoms with E-state index in [4.69, 9.17) is 4.74 Å². The fourth-order valence-electron chi connectivity index (χ4n) is 2.76. The van der Waals surface area contributed by atoms with Gasteiger partial charge in [-0.15, -0.1) is 0 Å². The van der Waals surface area contributed by atoms with Crippen LogP contribution in [-0.2, 0) is 22.4 Å². The molecule has 0 bridgehead atoms. The maximum absolute atomic E-state index is 12.9. The van der Waals surface area contributed by atoms with Crippen LogP contribution < -0.4 is 10.6 Å². The molecule has 2 aromatic rings. The molecule has 6 heteroatoms. The lowest BCUT2D eigenvalue weighted by atomic mass is 10.0. The van der Waals surface area contributed by atoms with Gasteiger partial charge in [0, 0.05) is 12.8 Å². The second-order valence-electron chi connectivity index (χ2n) is 7.77. The van der Waals surface area contributed by atoms with Crippen LogP contribution in [0.3, 0.4) is 0 Å². The molecule has 0 unspecified atom stereocenters. The van der Waals surface area contributed by atoms with Crippen molar-refractivity contribution in [1.29, 1.82) is 5.26 Å². The fourth-order valence-corrected chi connectivity index (χ4v) is 2.76. The van der Waals surface area contributed by atoms with Crippen LogP contribution in [0.1, 0.15) is 31.9 Å². The fraction of sp³-hybridized carbons (Fsp3) is 0.348. The minimum absolute atomic E-state index is 0.287. The van der Waals surface area contributed by atoms with Gasteiger partial charge in [-0.25, -0.2) is 4.79 Å². The maximum Gasteiger partial charge on any atom is 0.408 e. The van der Waals surface area contributed by atoms with E-state index in [1.165, 1.54) is 0 Å². The van der Waals surface area contributed by atoms with E-state index in [0.717, 1.165) is 11.1 Å². The van der Waals surface area contributed by atoms with Crippen LogP contribution in [-0.4, -0.2) is 29.7 Å². The summed E-state index contributed by atoms with van der Waals surface area (Å²) in [6, 6.07) is 19.4. The number of alkyl carbamates (subject to hydrolysis) is 1. The lowest BCUT2D eigenvalue weighted by molar-refractivity contribution is -0.123. The number of carbonyl (C=O) groups is 2. The average molecular weight is 393 g/mol. The quantitative estimate of drug-likeness (QED) is 0.754. The van der Waals surface area contributed by atoms with Crippen molar-refractivity contribution in [3.05, 3.63) is 71.8 Å². The molecule has 6 nitrogen and oxygen atoms in total. The van der Waals surface area contributed by atoms with E-state index < -0.39 is 29.7 Å². The Hall–Kier alpha value is -3.33. The molecular weight excluding hydrogens is 366 g/mol. The van der Waals surface area contributed by atoms with Crippen LogP contribution in [0.5, 0.6) is 0 Å². The zero-order chi connectivity index (χ0) is 21.3. The van der Waals surface area contributed by atoms with E-state index in [1.807, 2.05) is 60.7 Å². The molecule has 2 aromatic carbocycles. The molecule has 0 aliphatic rings. The number of benzene rings is 2. The van der Waals surface area contributed by atoms with Crippen LogP contribution in [0.15, 0.2) is 60.7 Å². The lowest BCUT2D eigenvalue weighted by Crippen LogP contribution is -2.51. The molecule has 0 heterocycles. The van der Waals surface area contributed by atoms with Gasteiger partial charge in [0.05, 0.1) is 6.07 Å². The topological polar surface area (TPSA) is 91.2 Å². The van der Waals surface area contributed by atoms with Gasteiger partial charge in [0.1, 0.15) is 17.7 Å². The first-order chi connectivity index (χ1) is 13.8. The van der Waals surface area contributed by atoms with Crippen LogP contribution in [0.25, 0.3) is 0 Å².